The molecule has 1 aliphatic heterocycles. The molecule has 0 N–H and O–H groups in total. The summed E-state index contributed by atoms with van der Waals surface area (Å²) in [5.41, 5.74) is 1.93. The Labute approximate surface area is 122 Å². The highest BCUT2D eigenvalue weighted by atomic mass is 79.9. The number of carbonyl (C=O) groups excluding carboxylic acids is 1. The van der Waals surface area contributed by atoms with E-state index in [9.17, 15) is 4.79 Å². The van der Waals surface area contributed by atoms with E-state index in [0.29, 0.717) is 0 Å². The van der Waals surface area contributed by atoms with Gasteiger partial charge in [0.25, 0.3) is 5.91 Å². The molecule has 0 bridgehead atoms. The number of nitrogens with zero attached hydrogens (tertiary/aromatic N) is 1. The highest BCUT2D eigenvalue weighted by Crippen LogP contribution is 2.26. The summed E-state index contributed by atoms with van der Waals surface area (Å²) in [5.74, 6) is 0.104. The second-order valence-corrected chi connectivity index (χ2v) is 5.60. The monoisotopic (exact) mass is 319 g/mol. The third-order valence-corrected chi connectivity index (χ3v) is 4.35. The number of carbonyl (C=O) groups is 1. The lowest BCUT2D eigenvalue weighted by atomic mass is 10.0. The third kappa shape index (κ3) is 3.16. The molecule has 1 aromatic carbocycles. The molecule has 1 unspecified atom stereocenters. The summed E-state index contributed by atoms with van der Waals surface area (Å²) in [7, 11) is 0. The van der Waals surface area contributed by atoms with E-state index in [1.165, 1.54) is 5.56 Å². The van der Waals surface area contributed by atoms with Crippen molar-refractivity contribution < 1.29 is 4.79 Å². The van der Waals surface area contributed by atoms with E-state index in [4.69, 9.17) is 0 Å². The van der Waals surface area contributed by atoms with Crippen LogP contribution in [-0.2, 0) is 4.79 Å². The molecule has 1 atom stereocenters. The molecule has 19 heavy (non-hydrogen) atoms. The van der Waals surface area contributed by atoms with Gasteiger partial charge in [-0.05, 0) is 25.8 Å². The van der Waals surface area contributed by atoms with Crippen molar-refractivity contribution in [2.24, 2.45) is 0 Å². The van der Waals surface area contributed by atoms with Crippen LogP contribution in [0.2, 0.25) is 0 Å². The van der Waals surface area contributed by atoms with E-state index in [-0.39, 0.29) is 11.9 Å². The summed E-state index contributed by atoms with van der Waals surface area (Å²) in [6, 6.07) is 10.3. The average Bonchev–Trinajstić information content (AvgIpc) is 2.45. The minimum absolute atomic E-state index is 0.0930. The maximum Gasteiger partial charge on any atom is 0.251 e. The minimum Gasteiger partial charge on any atom is -0.332 e. The van der Waals surface area contributed by atoms with Gasteiger partial charge in [0.1, 0.15) is 0 Å². The van der Waals surface area contributed by atoms with Gasteiger partial charge < -0.3 is 4.90 Å². The molecular weight excluding hydrogens is 302 g/mol. The predicted octanol–water partition coefficient (Wildman–Crippen LogP) is 4.21. The number of halogens is 1. The van der Waals surface area contributed by atoms with Crippen LogP contribution in [0.3, 0.4) is 0 Å². The molecule has 0 aliphatic carbocycles. The van der Waals surface area contributed by atoms with E-state index >= 15 is 0 Å². The highest BCUT2D eigenvalue weighted by Gasteiger charge is 2.23. The summed E-state index contributed by atoms with van der Waals surface area (Å²) >= 11 is 3.46. The zero-order valence-corrected chi connectivity index (χ0v) is 12.9. The molecule has 0 saturated heterocycles. The normalized spacial score (nSPS) is 18.3. The van der Waals surface area contributed by atoms with E-state index < -0.39 is 0 Å². The van der Waals surface area contributed by atoms with Gasteiger partial charge in [0, 0.05) is 16.6 Å². The van der Waals surface area contributed by atoms with Crippen molar-refractivity contribution in [3.8, 4) is 0 Å². The number of hydrogen-bond donors (Lipinski definition) is 0. The molecule has 2 rings (SSSR count). The zero-order valence-electron chi connectivity index (χ0n) is 11.3. The Morgan fingerprint density at radius 2 is 1.95 bits per heavy atom. The van der Waals surface area contributed by atoms with E-state index in [2.05, 4.69) is 41.1 Å². The first-order valence-corrected chi connectivity index (χ1v) is 7.29. The van der Waals surface area contributed by atoms with Crippen molar-refractivity contribution in [2.45, 2.75) is 26.3 Å². The first-order chi connectivity index (χ1) is 9.11. The molecule has 0 saturated carbocycles. The van der Waals surface area contributed by atoms with Gasteiger partial charge in [-0.25, -0.2) is 0 Å². The topological polar surface area (TPSA) is 20.3 Å². The molecule has 1 heterocycles. The molecule has 0 radical (unpaired) electrons. The molecular formula is C16H18BrNO. The lowest BCUT2D eigenvalue weighted by molar-refractivity contribution is -0.129. The Kier molecular flexibility index (Phi) is 4.59. The molecule has 0 fully saturated rings. The SMILES string of the molecule is CC1=C(Br)C=CCCN(C(C)c2ccccc2)C1=O. The van der Waals surface area contributed by atoms with Crippen molar-refractivity contribution in [1.29, 1.82) is 0 Å². The van der Waals surface area contributed by atoms with Crippen LogP contribution in [0.15, 0.2) is 52.5 Å². The Bertz CT molecular complexity index is 519. The Balaban J connectivity index is 2.29. The van der Waals surface area contributed by atoms with Gasteiger partial charge in [0.15, 0.2) is 0 Å². The third-order valence-electron chi connectivity index (χ3n) is 3.49. The van der Waals surface area contributed by atoms with Gasteiger partial charge in [0.2, 0.25) is 0 Å². The number of rotatable bonds is 2. The fraction of sp³-hybridized carbons (Fsp3) is 0.312. The summed E-state index contributed by atoms with van der Waals surface area (Å²) < 4.78 is 0.877. The molecule has 1 aliphatic rings. The maximum atomic E-state index is 12.5. The van der Waals surface area contributed by atoms with Gasteiger partial charge in [-0.3, -0.25) is 4.79 Å². The van der Waals surface area contributed by atoms with E-state index in [1.54, 1.807) is 0 Å². The van der Waals surface area contributed by atoms with Gasteiger partial charge in [-0.1, -0.05) is 58.4 Å². The highest BCUT2D eigenvalue weighted by molar-refractivity contribution is 9.11. The number of amides is 1. The van der Waals surface area contributed by atoms with Crippen LogP contribution in [0.25, 0.3) is 0 Å². The van der Waals surface area contributed by atoms with Crippen molar-refractivity contribution in [2.75, 3.05) is 6.54 Å². The molecule has 0 aromatic heterocycles. The van der Waals surface area contributed by atoms with Crippen molar-refractivity contribution in [1.82, 2.24) is 4.90 Å². The number of benzene rings is 1. The number of allylic oxidation sites excluding steroid dienone is 2. The first-order valence-electron chi connectivity index (χ1n) is 6.50. The summed E-state index contributed by atoms with van der Waals surface area (Å²) in [5, 5.41) is 0. The second-order valence-electron chi connectivity index (χ2n) is 4.75. The summed E-state index contributed by atoms with van der Waals surface area (Å²) in [6.07, 6.45) is 4.95. The fourth-order valence-corrected chi connectivity index (χ4v) is 2.58. The van der Waals surface area contributed by atoms with Crippen LogP contribution in [0.1, 0.15) is 31.9 Å². The Hall–Kier alpha value is -1.35. The predicted molar refractivity (Wildman–Crippen MR) is 82.0 cm³/mol. The van der Waals surface area contributed by atoms with Crippen LogP contribution >= 0.6 is 15.9 Å². The molecule has 1 aromatic rings. The smallest absolute Gasteiger partial charge is 0.251 e. The minimum atomic E-state index is 0.0930. The van der Waals surface area contributed by atoms with Crippen molar-refractivity contribution >= 4 is 21.8 Å². The van der Waals surface area contributed by atoms with Crippen molar-refractivity contribution in [3.05, 3.63) is 58.1 Å². The Morgan fingerprint density at radius 3 is 2.63 bits per heavy atom. The Morgan fingerprint density at radius 1 is 1.26 bits per heavy atom. The van der Waals surface area contributed by atoms with Gasteiger partial charge in [0.05, 0.1) is 6.04 Å². The van der Waals surface area contributed by atoms with Gasteiger partial charge in [-0.15, -0.1) is 0 Å². The molecule has 2 nitrogen and oxygen atoms in total. The number of hydrogen-bond acceptors (Lipinski definition) is 1. The van der Waals surface area contributed by atoms with E-state index in [1.807, 2.05) is 36.1 Å². The van der Waals surface area contributed by atoms with Crippen molar-refractivity contribution in [3.63, 3.8) is 0 Å². The van der Waals surface area contributed by atoms with Crippen LogP contribution in [0, 0.1) is 0 Å². The summed E-state index contributed by atoms with van der Waals surface area (Å²) in [4.78, 5) is 14.5. The molecule has 100 valence electrons. The van der Waals surface area contributed by atoms with Gasteiger partial charge >= 0.3 is 0 Å². The van der Waals surface area contributed by atoms with Gasteiger partial charge in [-0.2, -0.15) is 0 Å². The standard InChI is InChI=1S/C16H18BrNO/c1-12-15(17)10-6-7-11-18(16(12)19)13(2)14-8-4-3-5-9-14/h3-6,8-10,13H,7,11H2,1-2H3. The maximum absolute atomic E-state index is 12.5. The largest absolute Gasteiger partial charge is 0.332 e. The van der Waals surface area contributed by atoms with Crippen LogP contribution in [0.4, 0.5) is 0 Å². The van der Waals surface area contributed by atoms with Crippen LogP contribution in [0.5, 0.6) is 0 Å². The lowest BCUT2D eigenvalue weighted by Gasteiger charge is -2.30. The van der Waals surface area contributed by atoms with Crippen LogP contribution in [-0.4, -0.2) is 17.4 Å². The molecule has 1 amide bonds. The first kappa shape index (κ1) is 14.1. The second kappa shape index (κ2) is 6.20. The zero-order chi connectivity index (χ0) is 13.8. The average molecular weight is 320 g/mol. The molecule has 0 spiro atoms. The molecule has 3 heteroatoms. The fourth-order valence-electron chi connectivity index (χ4n) is 2.23. The lowest BCUT2D eigenvalue weighted by Crippen LogP contribution is -2.35. The summed E-state index contributed by atoms with van der Waals surface area (Å²) in [6.45, 7) is 4.70. The quantitative estimate of drug-likeness (QED) is 0.799. The van der Waals surface area contributed by atoms with E-state index in [0.717, 1.165) is 23.0 Å². The van der Waals surface area contributed by atoms with Crippen LogP contribution < -0.4 is 0 Å².